The number of rotatable bonds is 1. The Bertz CT molecular complexity index is 370. The molecule has 1 N–H and O–H groups in total. The van der Waals surface area contributed by atoms with E-state index in [1.165, 1.54) is 25.1 Å². The number of nitrogens with one attached hydrogen (secondary N) is 1. The summed E-state index contributed by atoms with van der Waals surface area (Å²) in [5.41, 5.74) is 1.20. The lowest BCUT2D eigenvalue weighted by Gasteiger charge is -2.21. The first-order valence-electron chi connectivity index (χ1n) is 7.05. The molecule has 1 atom stereocenters. The molecule has 1 aliphatic carbocycles. The van der Waals surface area contributed by atoms with Crippen LogP contribution in [0.5, 0.6) is 0 Å². The fraction of sp³-hybridized carbons (Fsp3) is 0.562. The van der Waals surface area contributed by atoms with E-state index < -0.39 is 0 Å². The summed E-state index contributed by atoms with van der Waals surface area (Å²) in [6.45, 7) is 4.72. The third-order valence-electron chi connectivity index (χ3n) is 3.74. The van der Waals surface area contributed by atoms with Gasteiger partial charge in [-0.05, 0) is 37.4 Å². The Morgan fingerprint density at radius 3 is 2.28 bits per heavy atom. The maximum absolute atomic E-state index is 11.6. The highest BCUT2D eigenvalue weighted by atomic mass is 16.1. The summed E-state index contributed by atoms with van der Waals surface area (Å²) in [5.74, 6) is 1.57. The van der Waals surface area contributed by atoms with Crippen LogP contribution < -0.4 is 5.32 Å². The molecular formula is C16H23NO. The highest BCUT2D eigenvalue weighted by Crippen LogP contribution is 2.29. The molecule has 2 aliphatic rings. The van der Waals surface area contributed by atoms with Crippen molar-refractivity contribution >= 4 is 5.78 Å². The largest absolute Gasteiger partial charge is 0.316 e. The molecule has 1 heterocycles. The van der Waals surface area contributed by atoms with Gasteiger partial charge in [0.2, 0.25) is 0 Å². The van der Waals surface area contributed by atoms with E-state index in [1.54, 1.807) is 0 Å². The second kappa shape index (κ2) is 6.69. The Balaban J connectivity index is 0.000000202. The van der Waals surface area contributed by atoms with Crippen LogP contribution in [0.1, 0.15) is 44.1 Å². The zero-order valence-electron chi connectivity index (χ0n) is 11.2. The van der Waals surface area contributed by atoms with Crippen LogP contribution in [0.25, 0.3) is 0 Å². The van der Waals surface area contributed by atoms with Crippen LogP contribution in [0, 0.1) is 5.92 Å². The van der Waals surface area contributed by atoms with Crippen LogP contribution in [0.3, 0.4) is 0 Å². The highest BCUT2D eigenvalue weighted by molar-refractivity contribution is 5.86. The molecule has 18 heavy (non-hydrogen) atoms. The van der Waals surface area contributed by atoms with Gasteiger partial charge in [-0.2, -0.15) is 0 Å². The maximum Gasteiger partial charge on any atom is 0.140 e. The zero-order valence-corrected chi connectivity index (χ0v) is 11.2. The quantitative estimate of drug-likeness (QED) is 0.823. The predicted octanol–water partition coefficient (Wildman–Crippen LogP) is 3.14. The molecule has 1 saturated heterocycles. The van der Waals surface area contributed by atoms with Crippen LogP contribution in [-0.4, -0.2) is 18.9 Å². The van der Waals surface area contributed by atoms with Crippen molar-refractivity contribution in [3.8, 4) is 0 Å². The minimum absolute atomic E-state index is 0.190. The van der Waals surface area contributed by atoms with Crippen molar-refractivity contribution in [3.63, 3.8) is 0 Å². The number of ketones is 1. The van der Waals surface area contributed by atoms with E-state index in [2.05, 4.69) is 24.4 Å². The Hall–Kier alpha value is -1.15. The molecule has 98 valence electrons. The van der Waals surface area contributed by atoms with Crippen molar-refractivity contribution in [2.75, 3.05) is 13.1 Å². The topological polar surface area (TPSA) is 29.1 Å². The minimum atomic E-state index is 0.190. The standard InChI is InChI=1S/C12H14O.C4H9N/c13-12-9-5-4-8-11(12)10-6-2-1-3-7-10;1-4-2-5-3-4/h1-3,6-7,11H,4-5,8-9H2;4-5H,2-3H2,1H3. The average Bonchev–Trinajstić information content (AvgIpc) is 2.39. The lowest BCUT2D eigenvalue weighted by Crippen LogP contribution is -2.39. The summed E-state index contributed by atoms with van der Waals surface area (Å²) < 4.78 is 0. The van der Waals surface area contributed by atoms with Gasteiger partial charge in [0.05, 0.1) is 0 Å². The molecule has 1 aromatic rings. The van der Waals surface area contributed by atoms with Gasteiger partial charge in [-0.15, -0.1) is 0 Å². The lowest BCUT2D eigenvalue weighted by molar-refractivity contribution is -0.121. The molecule has 1 saturated carbocycles. The summed E-state index contributed by atoms with van der Waals surface area (Å²) in [5, 5.41) is 3.16. The van der Waals surface area contributed by atoms with Gasteiger partial charge in [-0.1, -0.05) is 43.7 Å². The van der Waals surface area contributed by atoms with Gasteiger partial charge >= 0.3 is 0 Å². The lowest BCUT2D eigenvalue weighted by atomic mass is 9.83. The smallest absolute Gasteiger partial charge is 0.140 e. The molecule has 0 aromatic heterocycles. The van der Waals surface area contributed by atoms with E-state index in [9.17, 15) is 4.79 Å². The Kier molecular flexibility index (Phi) is 4.94. The monoisotopic (exact) mass is 245 g/mol. The second-order valence-electron chi connectivity index (χ2n) is 5.44. The predicted molar refractivity (Wildman–Crippen MR) is 74.7 cm³/mol. The van der Waals surface area contributed by atoms with Crippen LogP contribution in [0.15, 0.2) is 30.3 Å². The van der Waals surface area contributed by atoms with Gasteiger partial charge in [-0.3, -0.25) is 4.79 Å². The SMILES string of the molecule is CC1CNC1.O=C1CCCCC1c1ccccc1. The molecule has 2 fully saturated rings. The first-order valence-corrected chi connectivity index (χ1v) is 7.05. The van der Waals surface area contributed by atoms with Crippen LogP contribution >= 0.6 is 0 Å². The molecule has 2 nitrogen and oxygen atoms in total. The molecule has 1 aromatic carbocycles. The van der Waals surface area contributed by atoms with E-state index in [0.717, 1.165) is 25.2 Å². The molecule has 0 spiro atoms. The minimum Gasteiger partial charge on any atom is -0.316 e. The summed E-state index contributed by atoms with van der Waals surface area (Å²) >= 11 is 0. The van der Waals surface area contributed by atoms with E-state index in [4.69, 9.17) is 0 Å². The van der Waals surface area contributed by atoms with Crippen molar-refractivity contribution in [2.24, 2.45) is 5.92 Å². The van der Waals surface area contributed by atoms with Crippen LogP contribution in [-0.2, 0) is 4.79 Å². The molecular weight excluding hydrogens is 222 g/mol. The highest BCUT2D eigenvalue weighted by Gasteiger charge is 2.22. The molecule has 2 heteroatoms. The van der Waals surface area contributed by atoms with Crippen molar-refractivity contribution in [1.29, 1.82) is 0 Å². The van der Waals surface area contributed by atoms with Gasteiger partial charge in [0, 0.05) is 12.3 Å². The average molecular weight is 245 g/mol. The van der Waals surface area contributed by atoms with Gasteiger partial charge in [0.1, 0.15) is 5.78 Å². The van der Waals surface area contributed by atoms with Crippen molar-refractivity contribution in [1.82, 2.24) is 5.32 Å². The van der Waals surface area contributed by atoms with Crippen LogP contribution in [0.4, 0.5) is 0 Å². The number of carbonyl (C=O) groups excluding carboxylic acids is 1. The number of hydrogen-bond acceptors (Lipinski definition) is 2. The zero-order chi connectivity index (χ0) is 12.8. The second-order valence-corrected chi connectivity index (χ2v) is 5.44. The first-order chi connectivity index (χ1) is 8.77. The maximum atomic E-state index is 11.6. The van der Waals surface area contributed by atoms with Crippen LogP contribution in [0.2, 0.25) is 0 Å². The van der Waals surface area contributed by atoms with E-state index in [-0.39, 0.29) is 5.92 Å². The molecule has 3 rings (SSSR count). The van der Waals surface area contributed by atoms with Gasteiger partial charge in [0.15, 0.2) is 0 Å². The molecule has 0 bridgehead atoms. The summed E-state index contributed by atoms with van der Waals surface area (Å²) in [6.07, 6.45) is 4.11. The number of hydrogen-bond donors (Lipinski definition) is 1. The summed E-state index contributed by atoms with van der Waals surface area (Å²) in [6, 6.07) is 10.1. The van der Waals surface area contributed by atoms with Crippen molar-refractivity contribution in [2.45, 2.75) is 38.5 Å². The normalized spacial score (nSPS) is 23.8. The Labute approximate surface area is 110 Å². The third-order valence-corrected chi connectivity index (χ3v) is 3.74. The fourth-order valence-electron chi connectivity index (χ4n) is 2.45. The van der Waals surface area contributed by atoms with Crippen molar-refractivity contribution < 1.29 is 4.79 Å². The van der Waals surface area contributed by atoms with E-state index >= 15 is 0 Å². The third kappa shape index (κ3) is 3.67. The Morgan fingerprint density at radius 2 is 1.78 bits per heavy atom. The molecule has 0 radical (unpaired) electrons. The van der Waals surface area contributed by atoms with Crippen molar-refractivity contribution in [3.05, 3.63) is 35.9 Å². The fourth-order valence-corrected chi connectivity index (χ4v) is 2.45. The van der Waals surface area contributed by atoms with Gasteiger partial charge < -0.3 is 5.32 Å². The molecule has 1 aliphatic heterocycles. The number of carbonyl (C=O) groups is 1. The molecule has 1 unspecified atom stereocenters. The first kappa shape index (κ1) is 13.3. The van der Waals surface area contributed by atoms with E-state index in [0.29, 0.717) is 5.78 Å². The number of Topliss-reactive ketones (excluding diaryl/α,β-unsaturated/α-hetero) is 1. The summed E-state index contributed by atoms with van der Waals surface area (Å²) in [4.78, 5) is 11.6. The van der Waals surface area contributed by atoms with Gasteiger partial charge in [-0.25, -0.2) is 0 Å². The summed E-state index contributed by atoms with van der Waals surface area (Å²) in [7, 11) is 0. The number of benzene rings is 1. The Morgan fingerprint density at radius 1 is 1.11 bits per heavy atom. The molecule has 0 amide bonds. The van der Waals surface area contributed by atoms with Gasteiger partial charge in [0.25, 0.3) is 0 Å². The van der Waals surface area contributed by atoms with E-state index in [1.807, 2.05) is 18.2 Å².